The van der Waals surface area contributed by atoms with Gasteiger partial charge in [0.05, 0.1) is 6.54 Å². The monoisotopic (exact) mass is 391 g/mol. The van der Waals surface area contributed by atoms with Gasteiger partial charge in [0.2, 0.25) is 5.89 Å². The van der Waals surface area contributed by atoms with Crippen LogP contribution in [0.25, 0.3) is 0 Å². The number of rotatable bonds is 9. The van der Waals surface area contributed by atoms with Crippen molar-refractivity contribution in [2.45, 2.75) is 32.6 Å². The molecule has 0 bridgehead atoms. The zero-order chi connectivity index (χ0) is 20.3. The van der Waals surface area contributed by atoms with Gasteiger partial charge in [-0.15, -0.1) is 0 Å². The van der Waals surface area contributed by atoms with Crippen molar-refractivity contribution in [1.29, 1.82) is 0 Å². The smallest absolute Gasteiger partial charge is 0.226 e. The highest BCUT2D eigenvalue weighted by atomic mass is 16.5. The molecule has 0 spiro atoms. The Labute approximate surface area is 172 Å². The number of guanidine groups is 1. The van der Waals surface area contributed by atoms with E-state index in [1.165, 1.54) is 11.1 Å². The van der Waals surface area contributed by atoms with E-state index in [0.29, 0.717) is 18.3 Å². The molecule has 0 unspecified atom stereocenters. The molecular weight excluding hydrogens is 362 g/mol. The van der Waals surface area contributed by atoms with Gasteiger partial charge in [0.15, 0.2) is 11.8 Å². The van der Waals surface area contributed by atoms with Gasteiger partial charge in [0.25, 0.3) is 0 Å². The number of nitrogens with one attached hydrogen (secondary N) is 2. The zero-order valence-corrected chi connectivity index (χ0v) is 17.1. The lowest BCUT2D eigenvalue weighted by Gasteiger charge is -2.18. The highest BCUT2D eigenvalue weighted by molar-refractivity contribution is 5.79. The Morgan fingerprint density at radius 1 is 1.00 bits per heavy atom. The van der Waals surface area contributed by atoms with Crippen molar-refractivity contribution in [3.63, 3.8) is 0 Å². The van der Waals surface area contributed by atoms with Crippen LogP contribution in [0.2, 0.25) is 0 Å². The second-order valence-corrected chi connectivity index (χ2v) is 6.86. The van der Waals surface area contributed by atoms with Gasteiger partial charge >= 0.3 is 0 Å². The SMILES string of the molecule is CCNC(=NCC(c1ccccc1)c1ccccc1)NCCCc1nc(C)no1. The topological polar surface area (TPSA) is 75.3 Å². The minimum absolute atomic E-state index is 0.217. The largest absolute Gasteiger partial charge is 0.357 e. The van der Waals surface area contributed by atoms with Crippen molar-refractivity contribution in [2.75, 3.05) is 19.6 Å². The van der Waals surface area contributed by atoms with Crippen LogP contribution in [-0.2, 0) is 6.42 Å². The van der Waals surface area contributed by atoms with Crippen LogP contribution >= 0.6 is 0 Å². The molecule has 0 fully saturated rings. The fraction of sp³-hybridized carbons (Fsp3) is 0.348. The maximum absolute atomic E-state index is 5.16. The molecule has 2 N–H and O–H groups in total. The molecular formula is C23H29N5O. The van der Waals surface area contributed by atoms with Crippen LogP contribution in [0.5, 0.6) is 0 Å². The van der Waals surface area contributed by atoms with E-state index in [1.54, 1.807) is 0 Å². The molecule has 6 heteroatoms. The summed E-state index contributed by atoms with van der Waals surface area (Å²) in [5, 5.41) is 10.6. The Morgan fingerprint density at radius 2 is 1.66 bits per heavy atom. The van der Waals surface area contributed by atoms with Crippen molar-refractivity contribution < 1.29 is 4.52 Å². The van der Waals surface area contributed by atoms with Crippen LogP contribution in [-0.4, -0.2) is 35.7 Å². The molecule has 3 rings (SSSR count). The van der Waals surface area contributed by atoms with E-state index in [4.69, 9.17) is 9.52 Å². The van der Waals surface area contributed by atoms with Gasteiger partial charge in [-0.3, -0.25) is 4.99 Å². The van der Waals surface area contributed by atoms with E-state index in [2.05, 4.69) is 76.2 Å². The molecule has 0 radical (unpaired) electrons. The summed E-state index contributed by atoms with van der Waals surface area (Å²) in [4.78, 5) is 9.10. The molecule has 0 aliphatic heterocycles. The van der Waals surface area contributed by atoms with Gasteiger partial charge in [-0.05, 0) is 31.4 Å². The molecule has 0 aliphatic carbocycles. The number of benzene rings is 2. The van der Waals surface area contributed by atoms with Gasteiger partial charge in [0.1, 0.15) is 0 Å². The van der Waals surface area contributed by atoms with Crippen molar-refractivity contribution in [3.05, 3.63) is 83.5 Å². The minimum Gasteiger partial charge on any atom is -0.357 e. The second kappa shape index (κ2) is 11.0. The van der Waals surface area contributed by atoms with E-state index >= 15 is 0 Å². The standard InChI is InChI=1S/C23H29N5O/c1-3-24-23(25-16-10-15-22-27-18(2)28-29-22)26-17-21(19-11-6-4-7-12-19)20-13-8-5-9-14-20/h4-9,11-14,21H,3,10,15-17H2,1-2H3,(H2,24,25,26). The molecule has 0 saturated heterocycles. The predicted octanol–water partition coefficient (Wildman–Crippen LogP) is 3.70. The molecule has 0 atom stereocenters. The quantitative estimate of drug-likeness (QED) is 0.330. The first-order valence-electron chi connectivity index (χ1n) is 10.2. The Kier molecular flexibility index (Phi) is 7.81. The average Bonchev–Trinajstić information content (AvgIpc) is 3.18. The second-order valence-electron chi connectivity index (χ2n) is 6.86. The number of hydrogen-bond donors (Lipinski definition) is 2. The van der Waals surface area contributed by atoms with E-state index in [1.807, 2.05) is 19.1 Å². The number of hydrogen-bond acceptors (Lipinski definition) is 4. The van der Waals surface area contributed by atoms with Crippen molar-refractivity contribution in [3.8, 4) is 0 Å². The van der Waals surface area contributed by atoms with Gasteiger partial charge in [-0.2, -0.15) is 4.98 Å². The van der Waals surface area contributed by atoms with Gasteiger partial charge in [-0.1, -0.05) is 65.8 Å². The van der Waals surface area contributed by atoms with E-state index < -0.39 is 0 Å². The normalized spacial score (nSPS) is 11.6. The number of nitrogens with zero attached hydrogens (tertiary/aromatic N) is 3. The molecule has 1 heterocycles. The molecule has 6 nitrogen and oxygen atoms in total. The van der Waals surface area contributed by atoms with Crippen LogP contribution in [0, 0.1) is 6.92 Å². The fourth-order valence-corrected chi connectivity index (χ4v) is 3.19. The summed E-state index contributed by atoms with van der Waals surface area (Å²) in [5.41, 5.74) is 2.54. The molecule has 29 heavy (non-hydrogen) atoms. The van der Waals surface area contributed by atoms with Crippen LogP contribution in [0.1, 0.15) is 42.1 Å². The summed E-state index contributed by atoms with van der Waals surface area (Å²) >= 11 is 0. The predicted molar refractivity (Wildman–Crippen MR) is 116 cm³/mol. The summed E-state index contributed by atoms with van der Waals surface area (Å²) in [6.07, 6.45) is 1.65. The Morgan fingerprint density at radius 3 is 2.21 bits per heavy atom. The molecule has 0 amide bonds. The van der Waals surface area contributed by atoms with Crippen molar-refractivity contribution in [1.82, 2.24) is 20.8 Å². The molecule has 152 valence electrons. The highest BCUT2D eigenvalue weighted by Gasteiger charge is 2.13. The third-order valence-corrected chi connectivity index (χ3v) is 4.61. The Hall–Kier alpha value is -3.15. The Bertz CT molecular complexity index is 837. The van der Waals surface area contributed by atoms with Gasteiger partial charge in [0, 0.05) is 25.4 Å². The number of aryl methyl sites for hydroxylation is 2. The van der Waals surface area contributed by atoms with Crippen LogP contribution in [0.15, 0.2) is 70.2 Å². The van der Waals surface area contributed by atoms with E-state index in [-0.39, 0.29) is 5.92 Å². The van der Waals surface area contributed by atoms with Crippen LogP contribution in [0.4, 0.5) is 0 Å². The van der Waals surface area contributed by atoms with E-state index in [0.717, 1.165) is 31.9 Å². The first kappa shape index (κ1) is 20.6. The minimum atomic E-state index is 0.217. The lowest BCUT2D eigenvalue weighted by molar-refractivity contribution is 0.372. The molecule has 0 aliphatic rings. The number of aliphatic imine (C=N–C) groups is 1. The Balaban J connectivity index is 1.62. The van der Waals surface area contributed by atoms with Crippen molar-refractivity contribution >= 4 is 5.96 Å². The van der Waals surface area contributed by atoms with E-state index in [9.17, 15) is 0 Å². The lowest BCUT2D eigenvalue weighted by atomic mass is 9.91. The first-order chi connectivity index (χ1) is 14.3. The molecule has 1 aromatic heterocycles. The molecule has 3 aromatic rings. The lowest BCUT2D eigenvalue weighted by Crippen LogP contribution is -2.38. The summed E-state index contributed by atoms with van der Waals surface area (Å²) < 4.78 is 5.16. The van der Waals surface area contributed by atoms with Crippen molar-refractivity contribution in [2.24, 2.45) is 4.99 Å². The third-order valence-electron chi connectivity index (χ3n) is 4.61. The average molecular weight is 392 g/mol. The van der Waals surface area contributed by atoms with Crippen LogP contribution in [0.3, 0.4) is 0 Å². The zero-order valence-electron chi connectivity index (χ0n) is 17.1. The maximum atomic E-state index is 5.16. The first-order valence-corrected chi connectivity index (χ1v) is 10.2. The van der Waals surface area contributed by atoms with Gasteiger partial charge < -0.3 is 15.2 Å². The highest BCUT2D eigenvalue weighted by Crippen LogP contribution is 2.24. The molecule has 2 aromatic carbocycles. The summed E-state index contributed by atoms with van der Waals surface area (Å²) in [7, 11) is 0. The fourth-order valence-electron chi connectivity index (χ4n) is 3.19. The number of aromatic nitrogens is 2. The van der Waals surface area contributed by atoms with Crippen LogP contribution < -0.4 is 10.6 Å². The van der Waals surface area contributed by atoms with Gasteiger partial charge in [-0.25, -0.2) is 0 Å². The summed E-state index contributed by atoms with van der Waals surface area (Å²) in [5.74, 6) is 2.40. The summed E-state index contributed by atoms with van der Waals surface area (Å²) in [6.45, 7) is 6.18. The summed E-state index contributed by atoms with van der Waals surface area (Å²) in [6, 6.07) is 21.1. The molecule has 0 saturated carbocycles. The third kappa shape index (κ3) is 6.45. The maximum Gasteiger partial charge on any atom is 0.226 e.